The molecule has 0 radical (unpaired) electrons. The Balaban J connectivity index is 2.79. The topological polar surface area (TPSA) is 80.6 Å². The van der Waals surface area contributed by atoms with Crippen molar-refractivity contribution >= 4 is 5.97 Å². The van der Waals surface area contributed by atoms with Crippen LogP contribution in [-0.2, 0) is 4.79 Å². The summed E-state index contributed by atoms with van der Waals surface area (Å²) in [5.74, 6) is -1.68. The standard InChI is InChI=1S/C9H10O4/c10-7(8(11)9(12)13)6-4-2-1-3-5-6/h1-5,7-8,10-11H,(H,12,13)/p-1/t7-,8-/m1/s1. The molecule has 0 spiro atoms. The highest BCUT2D eigenvalue weighted by atomic mass is 16.4. The quantitative estimate of drug-likeness (QED) is 0.615. The van der Waals surface area contributed by atoms with Crippen molar-refractivity contribution in [3.8, 4) is 0 Å². The minimum atomic E-state index is -1.89. The molecule has 1 rings (SSSR count). The SMILES string of the molecule is O=C([O-])[C@H](O)[C@H](O)c1ccccc1. The number of benzene rings is 1. The maximum absolute atomic E-state index is 10.2. The normalized spacial score (nSPS) is 14.9. The van der Waals surface area contributed by atoms with Crippen molar-refractivity contribution in [3.63, 3.8) is 0 Å². The van der Waals surface area contributed by atoms with Gasteiger partial charge in [-0.1, -0.05) is 30.3 Å². The molecule has 13 heavy (non-hydrogen) atoms. The molecule has 0 unspecified atom stereocenters. The summed E-state index contributed by atoms with van der Waals surface area (Å²) in [6.07, 6.45) is -3.33. The molecule has 0 aliphatic carbocycles. The second-order valence-corrected chi connectivity index (χ2v) is 2.62. The molecular formula is C9H9O4-. The van der Waals surface area contributed by atoms with Crippen LogP contribution in [0.4, 0.5) is 0 Å². The summed E-state index contributed by atoms with van der Waals surface area (Å²) in [5, 5.41) is 28.4. The lowest BCUT2D eigenvalue weighted by Gasteiger charge is -2.18. The van der Waals surface area contributed by atoms with Gasteiger partial charge in [-0.05, 0) is 5.56 Å². The number of aliphatic hydroxyl groups is 2. The molecular weight excluding hydrogens is 172 g/mol. The number of carbonyl (C=O) groups is 1. The summed E-state index contributed by atoms with van der Waals surface area (Å²) in [6.45, 7) is 0. The van der Waals surface area contributed by atoms with Crippen LogP contribution in [0.5, 0.6) is 0 Å². The van der Waals surface area contributed by atoms with Gasteiger partial charge in [0.1, 0.15) is 12.2 Å². The third kappa shape index (κ3) is 2.27. The van der Waals surface area contributed by atoms with Crippen LogP contribution in [0, 0.1) is 0 Å². The Morgan fingerprint density at radius 2 is 1.77 bits per heavy atom. The fourth-order valence-electron chi connectivity index (χ4n) is 0.961. The first-order chi connectivity index (χ1) is 6.13. The van der Waals surface area contributed by atoms with Crippen molar-refractivity contribution < 1.29 is 20.1 Å². The van der Waals surface area contributed by atoms with Crippen molar-refractivity contribution in [1.82, 2.24) is 0 Å². The van der Waals surface area contributed by atoms with Crippen molar-refractivity contribution in [2.75, 3.05) is 0 Å². The first-order valence-corrected chi connectivity index (χ1v) is 3.75. The summed E-state index contributed by atoms with van der Waals surface area (Å²) >= 11 is 0. The fraction of sp³-hybridized carbons (Fsp3) is 0.222. The van der Waals surface area contributed by atoms with Gasteiger partial charge >= 0.3 is 0 Å². The minimum absolute atomic E-state index is 0.346. The van der Waals surface area contributed by atoms with Gasteiger partial charge in [0, 0.05) is 0 Å². The van der Waals surface area contributed by atoms with Crippen LogP contribution < -0.4 is 5.11 Å². The van der Waals surface area contributed by atoms with Gasteiger partial charge < -0.3 is 20.1 Å². The second-order valence-electron chi connectivity index (χ2n) is 2.62. The van der Waals surface area contributed by atoms with Crippen LogP contribution in [-0.4, -0.2) is 22.3 Å². The van der Waals surface area contributed by atoms with Gasteiger partial charge in [-0.15, -0.1) is 0 Å². The van der Waals surface area contributed by atoms with Gasteiger partial charge in [0.2, 0.25) is 0 Å². The summed E-state index contributed by atoms with van der Waals surface area (Å²) in [7, 11) is 0. The van der Waals surface area contributed by atoms with Crippen molar-refractivity contribution in [3.05, 3.63) is 35.9 Å². The van der Waals surface area contributed by atoms with Gasteiger partial charge in [0.05, 0.1) is 5.97 Å². The number of hydrogen-bond acceptors (Lipinski definition) is 4. The molecule has 0 aromatic heterocycles. The molecule has 2 N–H and O–H groups in total. The molecule has 1 aromatic rings. The van der Waals surface area contributed by atoms with Crippen molar-refractivity contribution in [2.24, 2.45) is 0 Å². The number of carboxylic acid groups (broad SMARTS) is 1. The van der Waals surface area contributed by atoms with E-state index in [0.29, 0.717) is 5.56 Å². The predicted octanol–water partition coefficient (Wildman–Crippen LogP) is -1.17. The van der Waals surface area contributed by atoms with Crippen LogP contribution in [0.1, 0.15) is 11.7 Å². The monoisotopic (exact) mass is 181 g/mol. The third-order valence-corrected chi connectivity index (χ3v) is 1.68. The molecule has 0 saturated heterocycles. The fourth-order valence-corrected chi connectivity index (χ4v) is 0.961. The molecule has 4 heteroatoms. The molecule has 0 aliphatic rings. The van der Waals surface area contributed by atoms with Gasteiger partial charge in [0.15, 0.2) is 0 Å². The van der Waals surface area contributed by atoms with E-state index in [9.17, 15) is 15.0 Å². The van der Waals surface area contributed by atoms with Gasteiger partial charge in [-0.25, -0.2) is 0 Å². The van der Waals surface area contributed by atoms with Crippen LogP contribution in [0.3, 0.4) is 0 Å². The van der Waals surface area contributed by atoms with E-state index in [-0.39, 0.29) is 0 Å². The van der Waals surface area contributed by atoms with Gasteiger partial charge in [0.25, 0.3) is 0 Å². The van der Waals surface area contributed by atoms with E-state index >= 15 is 0 Å². The van der Waals surface area contributed by atoms with E-state index in [1.165, 1.54) is 12.1 Å². The zero-order valence-corrected chi connectivity index (χ0v) is 6.75. The van der Waals surface area contributed by atoms with E-state index in [0.717, 1.165) is 0 Å². The summed E-state index contributed by atoms with van der Waals surface area (Å²) < 4.78 is 0. The largest absolute Gasteiger partial charge is 0.547 e. The lowest BCUT2D eigenvalue weighted by atomic mass is 10.1. The number of aliphatic hydroxyl groups excluding tert-OH is 2. The van der Waals surface area contributed by atoms with Crippen LogP contribution in [0.2, 0.25) is 0 Å². The molecule has 2 atom stereocenters. The Hall–Kier alpha value is -1.39. The van der Waals surface area contributed by atoms with Crippen molar-refractivity contribution in [2.45, 2.75) is 12.2 Å². The highest BCUT2D eigenvalue weighted by molar-refractivity contribution is 5.70. The zero-order valence-electron chi connectivity index (χ0n) is 6.75. The number of carbonyl (C=O) groups excluding carboxylic acids is 1. The Kier molecular flexibility index (Phi) is 3.00. The Morgan fingerprint density at radius 3 is 2.23 bits per heavy atom. The summed E-state index contributed by atoms with van der Waals surface area (Å²) in [4.78, 5) is 10.2. The first kappa shape index (κ1) is 9.70. The number of aliphatic carboxylic acids is 1. The minimum Gasteiger partial charge on any atom is -0.547 e. The second kappa shape index (κ2) is 4.02. The van der Waals surface area contributed by atoms with E-state index in [1.807, 2.05) is 0 Å². The molecule has 0 saturated carbocycles. The van der Waals surface area contributed by atoms with E-state index < -0.39 is 18.2 Å². The van der Waals surface area contributed by atoms with Gasteiger partial charge in [-0.2, -0.15) is 0 Å². The molecule has 4 nitrogen and oxygen atoms in total. The van der Waals surface area contributed by atoms with Crippen molar-refractivity contribution in [1.29, 1.82) is 0 Å². The Labute approximate surface area is 75.1 Å². The third-order valence-electron chi connectivity index (χ3n) is 1.68. The lowest BCUT2D eigenvalue weighted by molar-refractivity contribution is -0.318. The zero-order chi connectivity index (χ0) is 9.84. The van der Waals surface area contributed by atoms with E-state index in [1.54, 1.807) is 18.2 Å². The maximum Gasteiger partial charge on any atom is 0.123 e. The highest BCUT2D eigenvalue weighted by Gasteiger charge is 2.18. The molecule has 0 heterocycles. The maximum atomic E-state index is 10.2. The highest BCUT2D eigenvalue weighted by Crippen LogP contribution is 2.15. The van der Waals surface area contributed by atoms with E-state index in [2.05, 4.69) is 0 Å². The molecule has 0 aliphatic heterocycles. The first-order valence-electron chi connectivity index (χ1n) is 3.75. The summed E-state index contributed by atoms with van der Waals surface area (Å²) in [5.41, 5.74) is 0.346. The predicted molar refractivity (Wildman–Crippen MR) is 42.4 cm³/mol. The van der Waals surface area contributed by atoms with Gasteiger partial charge in [-0.3, -0.25) is 0 Å². The smallest absolute Gasteiger partial charge is 0.123 e. The van der Waals surface area contributed by atoms with E-state index in [4.69, 9.17) is 5.11 Å². The lowest BCUT2D eigenvalue weighted by Crippen LogP contribution is -2.39. The average Bonchev–Trinajstić information content (AvgIpc) is 2.17. The number of carboxylic acids is 1. The molecule has 70 valence electrons. The van der Waals surface area contributed by atoms with Crippen LogP contribution in [0.15, 0.2) is 30.3 Å². The molecule has 0 fully saturated rings. The Morgan fingerprint density at radius 1 is 1.23 bits per heavy atom. The van der Waals surface area contributed by atoms with Crippen LogP contribution >= 0.6 is 0 Å². The number of rotatable bonds is 3. The molecule has 1 aromatic carbocycles. The number of hydrogen-bond donors (Lipinski definition) is 2. The molecule has 0 bridgehead atoms. The molecule has 0 amide bonds. The average molecular weight is 181 g/mol. The summed E-state index contributed by atoms with van der Waals surface area (Å²) in [6, 6.07) is 8.05. The Bertz CT molecular complexity index is 283. The van der Waals surface area contributed by atoms with Crippen LogP contribution in [0.25, 0.3) is 0 Å².